The molecule has 8 heteroatoms. The topological polar surface area (TPSA) is 104 Å². The molecule has 0 radical (unpaired) electrons. The Morgan fingerprint density at radius 2 is 1.71 bits per heavy atom. The summed E-state index contributed by atoms with van der Waals surface area (Å²) in [6, 6.07) is 22.5. The SMILES string of the molecule is Cc1c(NC(=O)c2ccncc2)cn2ncc(C#N)c(Nc3ccc(Oc4ccccc4)cc3)c12. The lowest BCUT2D eigenvalue weighted by molar-refractivity contribution is 0.102. The maximum absolute atomic E-state index is 12.7. The van der Waals surface area contributed by atoms with Gasteiger partial charge in [-0.3, -0.25) is 9.78 Å². The number of aromatic nitrogens is 3. The number of hydrogen-bond donors (Lipinski definition) is 2. The molecule has 35 heavy (non-hydrogen) atoms. The van der Waals surface area contributed by atoms with Gasteiger partial charge < -0.3 is 15.4 Å². The molecule has 0 atom stereocenters. The van der Waals surface area contributed by atoms with Gasteiger partial charge in [-0.15, -0.1) is 0 Å². The number of benzene rings is 2. The van der Waals surface area contributed by atoms with Crippen molar-refractivity contribution in [1.29, 1.82) is 5.26 Å². The number of aryl methyl sites for hydroxylation is 1. The molecule has 8 nitrogen and oxygen atoms in total. The number of nitriles is 1. The number of pyridine rings is 1. The van der Waals surface area contributed by atoms with E-state index in [1.807, 2.05) is 61.5 Å². The summed E-state index contributed by atoms with van der Waals surface area (Å²) in [5.41, 5.74) is 4.33. The first-order valence-electron chi connectivity index (χ1n) is 10.8. The van der Waals surface area contributed by atoms with E-state index in [2.05, 4.69) is 26.8 Å². The van der Waals surface area contributed by atoms with Gasteiger partial charge in [0.25, 0.3) is 5.91 Å². The highest BCUT2D eigenvalue weighted by molar-refractivity contribution is 6.05. The number of ether oxygens (including phenoxy) is 1. The van der Waals surface area contributed by atoms with Gasteiger partial charge in [0, 0.05) is 29.2 Å². The van der Waals surface area contributed by atoms with Crippen LogP contribution in [0.5, 0.6) is 11.5 Å². The molecule has 0 saturated carbocycles. The van der Waals surface area contributed by atoms with Crippen molar-refractivity contribution in [3.05, 3.63) is 108 Å². The van der Waals surface area contributed by atoms with Crippen LogP contribution in [0.25, 0.3) is 5.52 Å². The summed E-state index contributed by atoms with van der Waals surface area (Å²) >= 11 is 0. The van der Waals surface area contributed by atoms with E-state index in [1.54, 1.807) is 35.2 Å². The molecule has 0 aliphatic rings. The number of para-hydroxylation sites is 1. The van der Waals surface area contributed by atoms with Gasteiger partial charge in [-0.25, -0.2) is 4.52 Å². The van der Waals surface area contributed by atoms with E-state index in [4.69, 9.17) is 4.74 Å². The predicted molar refractivity (Wildman–Crippen MR) is 133 cm³/mol. The van der Waals surface area contributed by atoms with E-state index in [0.717, 1.165) is 17.0 Å². The lowest BCUT2D eigenvalue weighted by Crippen LogP contribution is -2.11. The molecule has 3 aromatic heterocycles. The smallest absolute Gasteiger partial charge is 0.255 e. The standard InChI is InChI=1S/C27H20N6O2/c1-18-24(32-27(34)19-11-13-29-14-12-19)17-33-26(18)25(20(15-28)16-30-33)31-21-7-9-23(10-8-21)35-22-5-3-2-4-6-22/h2-14,16-17,31H,1H3,(H,32,34). The summed E-state index contributed by atoms with van der Waals surface area (Å²) in [5.74, 6) is 1.19. The van der Waals surface area contributed by atoms with Crippen LogP contribution in [0.4, 0.5) is 17.1 Å². The number of hydrogen-bond acceptors (Lipinski definition) is 6. The van der Waals surface area contributed by atoms with Crippen molar-refractivity contribution in [2.75, 3.05) is 10.6 Å². The Hall–Kier alpha value is -5.16. The van der Waals surface area contributed by atoms with Crippen LogP contribution in [0.15, 0.2) is 91.5 Å². The number of carbonyl (C=O) groups is 1. The van der Waals surface area contributed by atoms with E-state index in [9.17, 15) is 10.1 Å². The minimum atomic E-state index is -0.254. The quantitative estimate of drug-likeness (QED) is 0.337. The predicted octanol–water partition coefficient (Wildman–Crippen LogP) is 5.70. The average Bonchev–Trinajstić information content (AvgIpc) is 3.21. The second-order valence-corrected chi connectivity index (χ2v) is 7.76. The van der Waals surface area contributed by atoms with E-state index < -0.39 is 0 Å². The minimum Gasteiger partial charge on any atom is -0.457 e. The summed E-state index contributed by atoms with van der Waals surface area (Å²) in [6.07, 6.45) is 6.36. The van der Waals surface area contributed by atoms with Gasteiger partial charge in [-0.1, -0.05) is 18.2 Å². The molecule has 0 unspecified atom stereocenters. The Morgan fingerprint density at radius 3 is 2.43 bits per heavy atom. The van der Waals surface area contributed by atoms with Gasteiger partial charge >= 0.3 is 0 Å². The van der Waals surface area contributed by atoms with Crippen LogP contribution < -0.4 is 15.4 Å². The fourth-order valence-corrected chi connectivity index (χ4v) is 3.70. The number of nitrogens with one attached hydrogen (secondary N) is 2. The van der Waals surface area contributed by atoms with Gasteiger partial charge in [0.2, 0.25) is 0 Å². The van der Waals surface area contributed by atoms with Crippen molar-refractivity contribution in [3.63, 3.8) is 0 Å². The zero-order valence-corrected chi connectivity index (χ0v) is 18.8. The van der Waals surface area contributed by atoms with Gasteiger partial charge in [0.1, 0.15) is 17.6 Å². The van der Waals surface area contributed by atoms with E-state index in [0.29, 0.717) is 33.8 Å². The first kappa shape index (κ1) is 21.7. The van der Waals surface area contributed by atoms with Crippen molar-refractivity contribution >= 4 is 28.5 Å². The maximum atomic E-state index is 12.7. The van der Waals surface area contributed by atoms with Crippen LogP contribution in [0.1, 0.15) is 21.5 Å². The highest BCUT2D eigenvalue weighted by atomic mass is 16.5. The number of carbonyl (C=O) groups excluding carboxylic acids is 1. The monoisotopic (exact) mass is 460 g/mol. The normalized spacial score (nSPS) is 10.5. The zero-order valence-electron chi connectivity index (χ0n) is 18.8. The maximum Gasteiger partial charge on any atom is 0.255 e. The highest BCUT2D eigenvalue weighted by Crippen LogP contribution is 2.33. The molecular formula is C27H20N6O2. The first-order chi connectivity index (χ1) is 17.1. The van der Waals surface area contributed by atoms with Gasteiger partial charge in [-0.05, 0) is 55.5 Å². The van der Waals surface area contributed by atoms with Crippen molar-refractivity contribution in [1.82, 2.24) is 14.6 Å². The Bertz CT molecular complexity index is 1540. The van der Waals surface area contributed by atoms with Gasteiger partial charge in [-0.2, -0.15) is 10.4 Å². The van der Waals surface area contributed by atoms with E-state index in [1.165, 1.54) is 6.20 Å². The fraction of sp³-hybridized carbons (Fsp3) is 0.0370. The Kier molecular flexibility index (Phi) is 5.80. The molecule has 170 valence electrons. The molecule has 0 saturated heterocycles. The third-order valence-corrected chi connectivity index (χ3v) is 5.47. The molecule has 3 heterocycles. The molecule has 0 aliphatic heterocycles. The number of fused-ring (bicyclic) bond motifs is 1. The van der Waals surface area contributed by atoms with Crippen LogP contribution in [0, 0.1) is 18.3 Å². The minimum absolute atomic E-state index is 0.254. The molecular weight excluding hydrogens is 440 g/mol. The largest absolute Gasteiger partial charge is 0.457 e. The Morgan fingerprint density at radius 1 is 1.00 bits per heavy atom. The van der Waals surface area contributed by atoms with Crippen LogP contribution in [-0.4, -0.2) is 20.5 Å². The second kappa shape index (κ2) is 9.37. The number of nitrogens with zero attached hydrogens (tertiary/aromatic N) is 4. The third kappa shape index (κ3) is 4.51. The fourth-order valence-electron chi connectivity index (χ4n) is 3.70. The average molecular weight is 460 g/mol. The summed E-state index contributed by atoms with van der Waals surface area (Å²) in [4.78, 5) is 16.6. The van der Waals surface area contributed by atoms with Crippen molar-refractivity contribution in [3.8, 4) is 17.6 Å². The summed E-state index contributed by atoms with van der Waals surface area (Å²) in [7, 11) is 0. The number of rotatable bonds is 6. The van der Waals surface area contributed by atoms with Gasteiger partial charge in [0.05, 0.1) is 34.8 Å². The summed E-state index contributed by atoms with van der Waals surface area (Å²) < 4.78 is 7.50. The molecule has 0 spiro atoms. The second-order valence-electron chi connectivity index (χ2n) is 7.76. The zero-order chi connectivity index (χ0) is 24.2. The summed E-state index contributed by atoms with van der Waals surface area (Å²) in [6.45, 7) is 1.88. The molecule has 0 aliphatic carbocycles. The first-order valence-corrected chi connectivity index (χ1v) is 10.8. The highest BCUT2D eigenvalue weighted by Gasteiger charge is 2.18. The molecule has 5 rings (SSSR count). The molecule has 2 aromatic carbocycles. The molecule has 0 bridgehead atoms. The Balaban J connectivity index is 1.44. The van der Waals surface area contributed by atoms with Gasteiger partial charge in [0.15, 0.2) is 0 Å². The third-order valence-electron chi connectivity index (χ3n) is 5.47. The van der Waals surface area contributed by atoms with Crippen LogP contribution in [0.3, 0.4) is 0 Å². The van der Waals surface area contributed by atoms with Crippen LogP contribution >= 0.6 is 0 Å². The van der Waals surface area contributed by atoms with Crippen LogP contribution in [-0.2, 0) is 0 Å². The lowest BCUT2D eigenvalue weighted by Gasteiger charge is -2.12. The van der Waals surface area contributed by atoms with E-state index >= 15 is 0 Å². The molecule has 2 N–H and O–H groups in total. The molecule has 1 amide bonds. The van der Waals surface area contributed by atoms with Crippen LogP contribution in [0.2, 0.25) is 0 Å². The lowest BCUT2D eigenvalue weighted by atomic mass is 10.1. The van der Waals surface area contributed by atoms with Crippen molar-refractivity contribution in [2.24, 2.45) is 0 Å². The summed E-state index contributed by atoms with van der Waals surface area (Å²) in [5, 5.41) is 20.3. The molecule has 5 aromatic rings. The number of amides is 1. The Labute approximate surface area is 201 Å². The van der Waals surface area contributed by atoms with E-state index in [-0.39, 0.29) is 5.91 Å². The number of anilines is 3. The van der Waals surface area contributed by atoms with Crippen molar-refractivity contribution < 1.29 is 9.53 Å². The van der Waals surface area contributed by atoms with Crippen molar-refractivity contribution in [2.45, 2.75) is 6.92 Å². The molecule has 0 fully saturated rings.